The summed E-state index contributed by atoms with van der Waals surface area (Å²) >= 11 is 0. The molecule has 0 saturated heterocycles. The second kappa shape index (κ2) is 8.99. The van der Waals surface area contributed by atoms with Crippen LogP contribution in [0.3, 0.4) is 0 Å². The third kappa shape index (κ3) is 4.39. The second-order valence-electron chi connectivity index (χ2n) is 5.96. The zero-order valence-electron chi connectivity index (χ0n) is 15.3. The summed E-state index contributed by atoms with van der Waals surface area (Å²) in [5.74, 6) is 2.68. The van der Waals surface area contributed by atoms with Gasteiger partial charge in [0, 0.05) is 43.2 Å². The summed E-state index contributed by atoms with van der Waals surface area (Å²) < 4.78 is 10.8. The molecule has 0 radical (unpaired) electrons. The molecule has 138 valence electrons. The van der Waals surface area contributed by atoms with Crippen LogP contribution in [0.4, 0.5) is 0 Å². The van der Waals surface area contributed by atoms with Crippen molar-refractivity contribution in [2.24, 2.45) is 4.99 Å². The number of ether oxygens (including phenoxy) is 1. The van der Waals surface area contributed by atoms with Crippen molar-refractivity contribution in [2.45, 2.75) is 19.8 Å². The van der Waals surface area contributed by atoms with Crippen molar-refractivity contribution >= 4 is 16.9 Å². The number of nitrogens with zero attached hydrogens (tertiary/aromatic N) is 1. The summed E-state index contributed by atoms with van der Waals surface area (Å²) in [4.78, 5) is 7.92. The average Bonchev–Trinajstić information content (AvgIpc) is 3.31. The summed E-state index contributed by atoms with van der Waals surface area (Å²) in [5.41, 5.74) is 2.33. The number of hydrogen-bond donors (Lipinski definition) is 3. The van der Waals surface area contributed by atoms with Crippen LogP contribution in [0.15, 0.2) is 52.2 Å². The van der Waals surface area contributed by atoms with Gasteiger partial charge in [0.25, 0.3) is 0 Å². The van der Waals surface area contributed by atoms with E-state index >= 15 is 0 Å². The Morgan fingerprint density at radius 1 is 1.19 bits per heavy atom. The number of H-pyrrole nitrogens is 1. The van der Waals surface area contributed by atoms with Gasteiger partial charge in [-0.05, 0) is 43.2 Å². The molecule has 0 aliphatic rings. The first-order valence-electron chi connectivity index (χ1n) is 8.99. The Morgan fingerprint density at radius 3 is 2.88 bits per heavy atom. The molecule has 3 N–H and O–H groups in total. The van der Waals surface area contributed by atoms with Gasteiger partial charge in [0.1, 0.15) is 11.5 Å². The smallest absolute Gasteiger partial charge is 0.191 e. The molecule has 2 aromatic heterocycles. The van der Waals surface area contributed by atoms with Gasteiger partial charge in [0.15, 0.2) is 5.96 Å². The number of nitrogens with one attached hydrogen (secondary N) is 3. The second-order valence-corrected chi connectivity index (χ2v) is 5.96. The molecule has 0 spiro atoms. The van der Waals surface area contributed by atoms with Crippen LogP contribution in [-0.4, -0.2) is 37.7 Å². The normalized spacial score (nSPS) is 11.7. The first-order valence-corrected chi connectivity index (χ1v) is 8.99. The highest BCUT2D eigenvalue weighted by Gasteiger charge is 2.09. The average molecular weight is 354 g/mol. The van der Waals surface area contributed by atoms with Crippen LogP contribution < -0.4 is 15.4 Å². The first-order chi connectivity index (χ1) is 12.8. The van der Waals surface area contributed by atoms with E-state index in [1.54, 1.807) is 13.4 Å². The first kappa shape index (κ1) is 17.9. The minimum Gasteiger partial charge on any atom is -0.496 e. The third-order valence-electron chi connectivity index (χ3n) is 4.21. The Kier molecular flexibility index (Phi) is 6.19. The number of guanidine groups is 1. The maximum Gasteiger partial charge on any atom is 0.191 e. The van der Waals surface area contributed by atoms with Crippen molar-refractivity contribution in [1.29, 1.82) is 0 Å². The van der Waals surface area contributed by atoms with Crippen LogP contribution in [0.5, 0.6) is 5.75 Å². The molecule has 0 fully saturated rings. The maximum atomic E-state index is 5.50. The number of furan rings is 1. The van der Waals surface area contributed by atoms with E-state index in [1.165, 1.54) is 5.56 Å². The van der Waals surface area contributed by atoms with E-state index in [9.17, 15) is 0 Å². The minimum atomic E-state index is 0.684. The van der Waals surface area contributed by atoms with Gasteiger partial charge in [0.2, 0.25) is 0 Å². The van der Waals surface area contributed by atoms with E-state index in [0.29, 0.717) is 6.54 Å². The summed E-state index contributed by atoms with van der Waals surface area (Å²) in [6.07, 6.45) is 5.42. The summed E-state index contributed by atoms with van der Waals surface area (Å²) in [7, 11) is 1.71. The fourth-order valence-corrected chi connectivity index (χ4v) is 2.98. The Labute approximate surface area is 153 Å². The van der Waals surface area contributed by atoms with E-state index in [-0.39, 0.29) is 0 Å². The number of fused-ring (bicyclic) bond motifs is 1. The molecular formula is C20H26N4O2. The van der Waals surface area contributed by atoms with Gasteiger partial charge in [-0.2, -0.15) is 0 Å². The van der Waals surface area contributed by atoms with Gasteiger partial charge in [-0.15, -0.1) is 0 Å². The van der Waals surface area contributed by atoms with E-state index in [1.807, 2.05) is 24.3 Å². The van der Waals surface area contributed by atoms with Crippen LogP contribution in [0.2, 0.25) is 0 Å². The summed E-state index contributed by atoms with van der Waals surface area (Å²) in [5, 5.41) is 7.82. The zero-order valence-corrected chi connectivity index (χ0v) is 15.3. The fourth-order valence-electron chi connectivity index (χ4n) is 2.98. The number of aromatic nitrogens is 1. The van der Waals surface area contributed by atoms with Crippen molar-refractivity contribution < 1.29 is 9.15 Å². The molecular weight excluding hydrogens is 328 g/mol. The molecule has 0 bridgehead atoms. The molecule has 2 heterocycles. The molecule has 26 heavy (non-hydrogen) atoms. The fraction of sp³-hybridized carbons (Fsp3) is 0.350. The Bertz CT molecular complexity index is 837. The van der Waals surface area contributed by atoms with E-state index in [2.05, 4.69) is 39.8 Å². The van der Waals surface area contributed by atoms with Crippen LogP contribution in [0.25, 0.3) is 10.9 Å². The zero-order chi connectivity index (χ0) is 18.2. The highest BCUT2D eigenvalue weighted by atomic mass is 16.5. The highest BCUT2D eigenvalue weighted by molar-refractivity contribution is 5.89. The molecule has 3 aromatic rings. The van der Waals surface area contributed by atoms with E-state index in [4.69, 9.17) is 9.15 Å². The number of aliphatic imine (C=N–C) groups is 1. The summed E-state index contributed by atoms with van der Waals surface area (Å²) in [6, 6.07) is 9.93. The lowest BCUT2D eigenvalue weighted by Crippen LogP contribution is -2.38. The quantitative estimate of drug-likeness (QED) is 0.429. The minimum absolute atomic E-state index is 0.684. The number of benzene rings is 1. The molecule has 0 aliphatic heterocycles. The molecule has 0 aliphatic carbocycles. The molecule has 0 amide bonds. The Balaban J connectivity index is 1.58. The van der Waals surface area contributed by atoms with Gasteiger partial charge in [-0.3, -0.25) is 4.99 Å². The topological polar surface area (TPSA) is 74.6 Å². The lowest BCUT2D eigenvalue weighted by molar-refractivity contribution is 0.419. The summed E-state index contributed by atoms with van der Waals surface area (Å²) in [6.45, 7) is 4.36. The van der Waals surface area contributed by atoms with Gasteiger partial charge >= 0.3 is 0 Å². The van der Waals surface area contributed by atoms with Crippen molar-refractivity contribution in [3.05, 3.63) is 54.1 Å². The van der Waals surface area contributed by atoms with Crippen molar-refractivity contribution in [3.63, 3.8) is 0 Å². The standard InChI is InChI=1S/C20H26N4O2/c1-3-21-20(23-12-10-16-6-5-13-26-16)22-11-9-15-14-24-17-7-4-8-18(25-2)19(15)17/h4-8,13-14,24H,3,9-12H2,1-2H3,(H2,21,22,23). The van der Waals surface area contributed by atoms with E-state index in [0.717, 1.165) is 54.3 Å². The van der Waals surface area contributed by atoms with Crippen LogP contribution in [-0.2, 0) is 12.8 Å². The lowest BCUT2D eigenvalue weighted by Gasteiger charge is -2.11. The maximum absolute atomic E-state index is 5.50. The molecule has 6 heteroatoms. The van der Waals surface area contributed by atoms with Gasteiger partial charge in [0.05, 0.1) is 13.4 Å². The molecule has 0 unspecified atom stereocenters. The lowest BCUT2D eigenvalue weighted by atomic mass is 10.1. The predicted octanol–water partition coefficient (Wildman–Crippen LogP) is 3.11. The van der Waals surface area contributed by atoms with Crippen LogP contribution in [0, 0.1) is 0 Å². The third-order valence-corrected chi connectivity index (χ3v) is 4.21. The molecule has 3 rings (SSSR count). The number of rotatable bonds is 8. The Morgan fingerprint density at radius 2 is 2.12 bits per heavy atom. The van der Waals surface area contributed by atoms with Crippen LogP contribution in [0.1, 0.15) is 18.2 Å². The predicted molar refractivity (Wildman–Crippen MR) is 105 cm³/mol. The van der Waals surface area contributed by atoms with Crippen molar-refractivity contribution in [1.82, 2.24) is 15.6 Å². The van der Waals surface area contributed by atoms with Gasteiger partial charge in [-0.1, -0.05) is 6.07 Å². The highest BCUT2D eigenvalue weighted by Crippen LogP contribution is 2.28. The molecule has 0 saturated carbocycles. The van der Waals surface area contributed by atoms with Crippen molar-refractivity contribution in [3.8, 4) is 5.75 Å². The number of hydrogen-bond acceptors (Lipinski definition) is 3. The number of methoxy groups -OCH3 is 1. The number of aromatic amines is 1. The van der Waals surface area contributed by atoms with Gasteiger partial charge < -0.3 is 24.8 Å². The molecule has 1 aromatic carbocycles. The molecule has 0 atom stereocenters. The van der Waals surface area contributed by atoms with E-state index < -0.39 is 0 Å². The van der Waals surface area contributed by atoms with Crippen molar-refractivity contribution in [2.75, 3.05) is 26.7 Å². The van der Waals surface area contributed by atoms with Gasteiger partial charge in [-0.25, -0.2) is 0 Å². The molecule has 6 nitrogen and oxygen atoms in total. The SMILES string of the molecule is CCNC(=NCCc1ccco1)NCCc1c[nH]c2cccc(OC)c12. The largest absolute Gasteiger partial charge is 0.496 e. The monoisotopic (exact) mass is 354 g/mol. The van der Waals surface area contributed by atoms with Crippen LogP contribution >= 0.6 is 0 Å². The Hall–Kier alpha value is -2.89.